The van der Waals surface area contributed by atoms with Gasteiger partial charge < -0.3 is 14.8 Å². The number of nitrogens with one attached hydrogen (secondary N) is 1. The Kier molecular flexibility index (Phi) is 6.00. The minimum absolute atomic E-state index is 0.269. The molecule has 5 nitrogen and oxygen atoms in total. The van der Waals surface area contributed by atoms with Crippen molar-refractivity contribution in [1.29, 1.82) is 0 Å². The third-order valence-electron chi connectivity index (χ3n) is 3.03. The van der Waals surface area contributed by atoms with Crippen molar-refractivity contribution in [2.75, 3.05) is 13.7 Å². The van der Waals surface area contributed by atoms with Crippen molar-refractivity contribution in [3.63, 3.8) is 0 Å². The van der Waals surface area contributed by atoms with Gasteiger partial charge in [-0.25, -0.2) is 4.79 Å². The van der Waals surface area contributed by atoms with Crippen molar-refractivity contribution < 1.29 is 19.1 Å². The Morgan fingerprint density at radius 1 is 1.09 bits per heavy atom. The highest BCUT2D eigenvalue weighted by Crippen LogP contribution is 2.21. The second-order valence-corrected chi connectivity index (χ2v) is 5.10. The molecule has 6 heteroatoms. The number of hydrogen-bond acceptors (Lipinski definition) is 4. The van der Waals surface area contributed by atoms with Crippen LogP contribution in [0.4, 0.5) is 0 Å². The Balaban J connectivity index is 2.03. The van der Waals surface area contributed by atoms with Crippen molar-refractivity contribution in [3.8, 4) is 5.75 Å². The number of benzene rings is 2. The summed E-state index contributed by atoms with van der Waals surface area (Å²) in [6, 6.07) is 13.9. The van der Waals surface area contributed by atoms with Gasteiger partial charge in [-0.05, 0) is 29.8 Å². The summed E-state index contributed by atoms with van der Waals surface area (Å²) in [6.45, 7) is -0.0439. The monoisotopic (exact) mass is 333 g/mol. The van der Waals surface area contributed by atoms with Crippen LogP contribution in [-0.4, -0.2) is 25.5 Å². The standard InChI is InChI=1S/C17H16ClNO4/c1-19-16(20)11-23-17(21)14-4-2-3-5-15(14)22-10-12-6-8-13(18)9-7-12/h2-9H,10-11H2,1H3,(H,19,20). The number of carbonyl (C=O) groups is 2. The van der Waals surface area contributed by atoms with E-state index in [0.29, 0.717) is 10.8 Å². The highest BCUT2D eigenvalue weighted by molar-refractivity contribution is 6.30. The number of likely N-dealkylation sites (N-methyl/N-ethyl adjacent to an activating group) is 1. The maximum atomic E-state index is 12.0. The Labute approximate surface area is 139 Å². The van der Waals surface area contributed by atoms with Gasteiger partial charge in [-0.15, -0.1) is 0 Å². The predicted molar refractivity (Wildman–Crippen MR) is 86.6 cm³/mol. The lowest BCUT2D eigenvalue weighted by Gasteiger charge is -2.11. The smallest absolute Gasteiger partial charge is 0.342 e. The van der Waals surface area contributed by atoms with Crippen LogP contribution in [0, 0.1) is 0 Å². The number of esters is 1. The average molecular weight is 334 g/mol. The summed E-state index contributed by atoms with van der Waals surface area (Å²) in [4.78, 5) is 23.2. The molecule has 120 valence electrons. The van der Waals surface area contributed by atoms with Gasteiger partial charge in [0, 0.05) is 12.1 Å². The maximum absolute atomic E-state index is 12.0. The van der Waals surface area contributed by atoms with Crippen LogP contribution in [0.5, 0.6) is 5.75 Å². The van der Waals surface area contributed by atoms with E-state index in [1.807, 2.05) is 12.1 Å². The third-order valence-corrected chi connectivity index (χ3v) is 3.28. The van der Waals surface area contributed by atoms with Crippen LogP contribution in [0.1, 0.15) is 15.9 Å². The van der Waals surface area contributed by atoms with Crippen LogP contribution >= 0.6 is 11.6 Å². The number of rotatable bonds is 6. The molecule has 0 atom stereocenters. The van der Waals surface area contributed by atoms with Gasteiger partial charge in [0.25, 0.3) is 5.91 Å². The van der Waals surface area contributed by atoms with Crippen LogP contribution in [0.25, 0.3) is 0 Å². The number of hydrogen-bond donors (Lipinski definition) is 1. The second kappa shape index (κ2) is 8.19. The van der Waals surface area contributed by atoms with E-state index in [4.69, 9.17) is 21.1 Å². The van der Waals surface area contributed by atoms with Crippen molar-refractivity contribution >= 4 is 23.5 Å². The Bertz CT molecular complexity index is 685. The molecule has 0 radical (unpaired) electrons. The van der Waals surface area contributed by atoms with Crippen molar-refractivity contribution in [2.45, 2.75) is 6.61 Å². The van der Waals surface area contributed by atoms with Gasteiger partial charge in [0.15, 0.2) is 6.61 Å². The molecule has 2 rings (SSSR count). The number of halogens is 1. The number of ether oxygens (including phenoxy) is 2. The van der Waals surface area contributed by atoms with Crippen LogP contribution < -0.4 is 10.1 Å². The average Bonchev–Trinajstić information content (AvgIpc) is 2.59. The zero-order valence-corrected chi connectivity index (χ0v) is 13.3. The lowest BCUT2D eigenvalue weighted by atomic mass is 10.2. The number of amides is 1. The first kappa shape index (κ1) is 16.8. The molecule has 1 amide bonds. The highest BCUT2D eigenvalue weighted by atomic mass is 35.5. The molecule has 0 saturated carbocycles. The summed E-state index contributed by atoms with van der Waals surface area (Å²) in [5, 5.41) is 3.02. The maximum Gasteiger partial charge on any atom is 0.342 e. The minimum Gasteiger partial charge on any atom is -0.488 e. The molecule has 0 saturated heterocycles. The quantitative estimate of drug-likeness (QED) is 0.826. The SMILES string of the molecule is CNC(=O)COC(=O)c1ccccc1OCc1ccc(Cl)cc1. The number of para-hydroxylation sites is 1. The van der Waals surface area contributed by atoms with Gasteiger partial charge >= 0.3 is 5.97 Å². The molecular formula is C17H16ClNO4. The molecule has 23 heavy (non-hydrogen) atoms. The molecule has 0 unspecified atom stereocenters. The summed E-state index contributed by atoms with van der Waals surface area (Å²) < 4.78 is 10.6. The molecule has 1 N–H and O–H groups in total. The molecule has 0 fully saturated rings. The van der Waals surface area contributed by atoms with Gasteiger partial charge in [0.2, 0.25) is 0 Å². The topological polar surface area (TPSA) is 64.6 Å². The summed E-state index contributed by atoms with van der Waals surface area (Å²) in [5.74, 6) is -0.595. The van der Waals surface area contributed by atoms with E-state index in [0.717, 1.165) is 5.56 Å². The highest BCUT2D eigenvalue weighted by Gasteiger charge is 2.15. The lowest BCUT2D eigenvalue weighted by Crippen LogP contribution is -2.25. The summed E-state index contributed by atoms with van der Waals surface area (Å²) in [6.07, 6.45) is 0. The normalized spacial score (nSPS) is 10.0. The van der Waals surface area contributed by atoms with E-state index in [2.05, 4.69) is 5.32 Å². The molecule has 0 aliphatic carbocycles. The van der Waals surface area contributed by atoms with Crippen LogP contribution in [0.2, 0.25) is 5.02 Å². The zero-order valence-electron chi connectivity index (χ0n) is 12.5. The fourth-order valence-electron chi connectivity index (χ4n) is 1.78. The number of carbonyl (C=O) groups excluding carboxylic acids is 2. The first-order valence-corrected chi connectivity index (χ1v) is 7.32. The van der Waals surface area contributed by atoms with E-state index < -0.39 is 5.97 Å². The minimum atomic E-state index is -0.611. The van der Waals surface area contributed by atoms with Gasteiger partial charge in [-0.2, -0.15) is 0 Å². The van der Waals surface area contributed by atoms with Gasteiger partial charge in [-0.1, -0.05) is 35.9 Å². The van der Waals surface area contributed by atoms with Crippen molar-refractivity contribution in [3.05, 3.63) is 64.7 Å². The second-order valence-electron chi connectivity index (χ2n) is 4.66. The Morgan fingerprint density at radius 2 is 1.78 bits per heavy atom. The summed E-state index contributed by atoms with van der Waals surface area (Å²) in [7, 11) is 1.47. The fraction of sp³-hybridized carbons (Fsp3) is 0.176. The first-order chi connectivity index (χ1) is 11.1. The first-order valence-electron chi connectivity index (χ1n) is 6.94. The molecule has 0 aliphatic rings. The molecule has 0 spiro atoms. The van der Waals surface area contributed by atoms with Gasteiger partial charge in [-0.3, -0.25) is 4.79 Å². The van der Waals surface area contributed by atoms with E-state index >= 15 is 0 Å². The lowest BCUT2D eigenvalue weighted by molar-refractivity contribution is -0.123. The molecule has 2 aromatic rings. The predicted octanol–water partition coefficient (Wildman–Crippen LogP) is 2.82. The molecule has 0 bridgehead atoms. The molecular weight excluding hydrogens is 318 g/mol. The summed E-state index contributed by atoms with van der Waals surface area (Å²) >= 11 is 5.83. The third kappa shape index (κ3) is 5.00. The van der Waals surface area contributed by atoms with Crippen molar-refractivity contribution in [1.82, 2.24) is 5.32 Å². The van der Waals surface area contributed by atoms with Crippen LogP contribution in [0.15, 0.2) is 48.5 Å². The molecule has 0 aliphatic heterocycles. The van der Waals surface area contributed by atoms with Crippen LogP contribution in [0.3, 0.4) is 0 Å². The van der Waals surface area contributed by atoms with E-state index in [1.54, 1.807) is 36.4 Å². The van der Waals surface area contributed by atoms with Crippen LogP contribution in [-0.2, 0) is 16.1 Å². The fourth-order valence-corrected chi connectivity index (χ4v) is 1.91. The summed E-state index contributed by atoms with van der Waals surface area (Å²) in [5.41, 5.74) is 1.19. The van der Waals surface area contributed by atoms with E-state index in [9.17, 15) is 9.59 Å². The largest absolute Gasteiger partial charge is 0.488 e. The van der Waals surface area contributed by atoms with E-state index in [-0.39, 0.29) is 24.7 Å². The van der Waals surface area contributed by atoms with Gasteiger partial charge in [0.1, 0.15) is 17.9 Å². The Morgan fingerprint density at radius 3 is 2.48 bits per heavy atom. The molecule has 0 heterocycles. The molecule has 2 aromatic carbocycles. The zero-order chi connectivity index (χ0) is 16.7. The van der Waals surface area contributed by atoms with E-state index in [1.165, 1.54) is 7.05 Å². The van der Waals surface area contributed by atoms with Gasteiger partial charge in [0.05, 0.1) is 0 Å². The Hall–Kier alpha value is -2.53. The molecule has 0 aromatic heterocycles. The van der Waals surface area contributed by atoms with Crippen molar-refractivity contribution in [2.24, 2.45) is 0 Å².